The van der Waals surface area contributed by atoms with E-state index in [0.29, 0.717) is 5.92 Å². The normalized spacial score (nSPS) is 12.6. The lowest BCUT2D eigenvalue weighted by atomic mass is 9.94. The van der Waals surface area contributed by atoms with Gasteiger partial charge in [0.2, 0.25) is 0 Å². The molecular weight excluding hydrogens is 264 g/mol. The van der Waals surface area contributed by atoms with Gasteiger partial charge < -0.3 is 5.32 Å². The highest BCUT2D eigenvalue weighted by atomic mass is 32.1. The zero-order valence-electron chi connectivity index (χ0n) is 12.9. The van der Waals surface area contributed by atoms with Crippen LogP contribution in [0.15, 0.2) is 24.3 Å². The van der Waals surface area contributed by atoms with Crippen molar-refractivity contribution in [2.24, 2.45) is 0 Å². The molecular formula is C17H24N2S. The second kappa shape index (κ2) is 7.00. The summed E-state index contributed by atoms with van der Waals surface area (Å²) in [6, 6.07) is 8.85. The van der Waals surface area contributed by atoms with E-state index >= 15 is 0 Å². The fourth-order valence-corrected chi connectivity index (χ4v) is 3.40. The molecule has 1 unspecified atom stereocenters. The topological polar surface area (TPSA) is 24.9 Å². The first-order chi connectivity index (χ1) is 9.60. The summed E-state index contributed by atoms with van der Waals surface area (Å²) in [5, 5.41) is 4.74. The molecule has 0 fully saturated rings. The molecule has 3 heteroatoms. The number of thiazole rings is 1. The third-order valence-corrected chi connectivity index (χ3v) is 4.74. The van der Waals surface area contributed by atoms with E-state index < -0.39 is 0 Å². The Morgan fingerprint density at radius 1 is 1.25 bits per heavy atom. The van der Waals surface area contributed by atoms with Crippen LogP contribution in [0.5, 0.6) is 0 Å². The second-order valence-corrected chi connectivity index (χ2v) is 6.66. The minimum atomic E-state index is 0.500. The van der Waals surface area contributed by atoms with Crippen molar-refractivity contribution in [1.29, 1.82) is 0 Å². The van der Waals surface area contributed by atoms with Gasteiger partial charge in [0, 0.05) is 23.8 Å². The molecule has 2 rings (SSSR count). The lowest BCUT2D eigenvalue weighted by molar-refractivity contribution is 0.593. The number of hydrogen-bond donors (Lipinski definition) is 1. The van der Waals surface area contributed by atoms with E-state index in [9.17, 15) is 0 Å². The van der Waals surface area contributed by atoms with Crippen LogP contribution in [0.1, 0.15) is 39.5 Å². The number of benzene rings is 1. The Morgan fingerprint density at radius 3 is 2.65 bits per heavy atom. The van der Waals surface area contributed by atoms with Crippen LogP contribution in [0.2, 0.25) is 0 Å². The Bertz CT molecular complexity index is 540. The molecule has 1 aromatic carbocycles. The number of nitrogens with one attached hydrogen (secondary N) is 1. The summed E-state index contributed by atoms with van der Waals surface area (Å²) in [6.45, 7) is 10.6. The van der Waals surface area contributed by atoms with E-state index in [-0.39, 0.29) is 0 Å². The molecule has 1 aromatic heterocycles. The third kappa shape index (κ3) is 3.90. The monoisotopic (exact) mass is 288 g/mol. The Hall–Kier alpha value is -1.19. The highest BCUT2D eigenvalue weighted by molar-refractivity contribution is 7.11. The Morgan fingerprint density at radius 2 is 2.05 bits per heavy atom. The highest BCUT2D eigenvalue weighted by Gasteiger charge is 2.15. The van der Waals surface area contributed by atoms with E-state index in [0.717, 1.165) is 19.5 Å². The third-order valence-electron chi connectivity index (χ3n) is 3.65. The molecule has 0 amide bonds. The number of aryl methyl sites for hydroxylation is 3. The van der Waals surface area contributed by atoms with Gasteiger partial charge in [-0.1, -0.05) is 36.8 Å². The summed E-state index contributed by atoms with van der Waals surface area (Å²) >= 11 is 1.84. The molecule has 1 N–H and O–H groups in total. The quantitative estimate of drug-likeness (QED) is 0.869. The van der Waals surface area contributed by atoms with Gasteiger partial charge in [-0.25, -0.2) is 4.98 Å². The van der Waals surface area contributed by atoms with E-state index in [1.807, 2.05) is 11.3 Å². The van der Waals surface area contributed by atoms with Crippen LogP contribution in [0.4, 0.5) is 0 Å². The van der Waals surface area contributed by atoms with E-state index in [1.165, 1.54) is 26.7 Å². The largest absolute Gasteiger partial charge is 0.316 e. The summed E-state index contributed by atoms with van der Waals surface area (Å²) in [4.78, 5) is 6.04. The highest BCUT2D eigenvalue weighted by Crippen LogP contribution is 2.25. The van der Waals surface area contributed by atoms with Crippen LogP contribution in [0.3, 0.4) is 0 Å². The second-order valence-electron chi connectivity index (χ2n) is 5.37. The number of aromatic nitrogens is 1. The van der Waals surface area contributed by atoms with E-state index in [4.69, 9.17) is 4.98 Å². The van der Waals surface area contributed by atoms with E-state index in [1.54, 1.807) is 0 Å². The SMILES string of the molecule is CCNCC(Cc1nc(C)c(C)s1)c1cccc(C)c1. The molecule has 0 saturated heterocycles. The molecule has 0 aliphatic carbocycles. The first-order valence-electron chi connectivity index (χ1n) is 7.30. The minimum absolute atomic E-state index is 0.500. The molecule has 0 aliphatic heterocycles. The van der Waals surface area contributed by atoms with Crippen LogP contribution in [0.25, 0.3) is 0 Å². The predicted octanol–water partition coefficient (Wildman–Crippen LogP) is 4.00. The summed E-state index contributed by atoms with van der Waals surface area (Å²) in [7, 11) is 0. The Labute approximate surface area is 126 Å². The number of likely N-dealkylation sites (N-methyl/N-ethyl adjacent to an activating group) is 1. The summed E-state index contributed by atoms with van der Waals surface area (Å²) in [6.07, 6.45) is 1.02. The molecule has 20 heavy (non-hydrogen) atoms. The maximum atomic E-state index is 4.70. The maximum Gasteiger partial charge on any atom is 0.0937 e. The summed E-state index contributed by atoms with van der Waals surface area (Å²) < 4.78 is 0. The first-order valence-corrected chi connectivity index (χ1v) is 8.12. The van der Waals surface area contributed by atoms with E-state index in [2.05, 4.69) is 57.3 Å². The molecule has 0 bridgehead atoms. The first kappa shape index (κ1) is 15.2. The van der Waals surface area contributed by atoms with Crippen LogP contribution in [0, 0.1) is 20.8 Å². The van der Waals surface area contributed by atoms with Crippen molar-refractivity contribution in [3.8, 4) is 0 Å². The molecule has 2 nitrogen and oxygen atoms in total. The molecule has 1 atom stereocenters. The van der Waals surface area contributed by atoms with Crippen molar-refractivity contribution >= 4 is 11.3 Å². The number of hydrogen-bond acceptors (Lipinski definition) is 3. The Kier molecular flexibility index (Phi) is 5.32. The van der Waals surface area contributed by atoms with Gasteiger partial charge in [-0.05, 0) is 32.9 Å². The van der Waals surface area contributed by atoms with Crippen molar-refractivity contribution in [1.82, 2.24) is 10.3 Å². The van der Waals surface area contributed by atoms with Crippen molar-refractivity contribution < 1.29 is 0 Å². The van der Waals surface area contributed by atoms with Crippen LogP contribution >= 0.6 is 11.3 Å². The molecule has 1 heterocycles. The molecule has 2 aromatic rings. The van der Waals surface area contributed by atoms with Crippen molar-refractivity contribution in [2.75, 3.05) is 13.1 Å². The van der Waals surface area contributed by atoms with Gasteiger partial charge in [-0.2, -0.15) is 0 Å². The number of nitrogens with zero attached hydrogens (tertiary/aromatic N) is 1. The van der Waals surface area contributed by atoms with Gasteiger partial charge in [0.1, 0.15) is 0 Å². The summed E-state index contributed by atoms with van der Waals surface area (Å²) in [5.41, 5.74) is 3.92. The lowest BCUT2D eigenvalue weighted by Crippen LogP contribution is -2.22. The van der Waals surface area contributed by atoms with Gasteiger partial charge in [0.05, 0.1) is 10.7 Å². The van der Waals surface area contributed by atoms with Crippen molar-refractivity contribution in [3.63, 3.8) is 0 Å². The molecule has 0 aliphatic rings. The fraction of sp³-hybridized carbons (Fsp3) is 0.471. The van der Waals surface area contributed by atoms with Gasteiger partial charge >= 0.3 is 0 Å². The van der Waals surface area contributed by atoms with Gasteiger partial charge in [-0.3, -0.25) is 0 Å². The zero-order valence-corrected chi connectivity index (χ0v) is 13.7. The van der Waals surface area contributed by atoms with Crippen LogP contribution in [-0.4, -0.2) is 18.1 Å². The maximum absolute atomic E-state index is 4.70. The molecule has 108 valence electrons. The average molecular weight is 288 g/mol. The molecule has 0 spiro atoms. The summed E-state index contributed by atoms with van der Waals surface area (Å²) in [5.74, 6) is 0.500. The standard InChI is InChI=1S/C17H24N2S/c1-5-18-11-16(15-8-6-7-12(2)9-15)10-17-19-13(3)14(4)20-17/h6-9,16,18H,5,10-11H2,1-4H3. The van der Waals surface area contributed by atoms with Gasteiger partial charge in [-0.15, -0.1) is 11.3 Å². The Balaban J connectivity index is 2.18. The van der Waals surface area contributed by atoms with Crippen molar-refractivity contribution in [2.45, 2.75) is 40.0 Å². The van der Waals surface area contributed by atoms with Gasteiger partial charge in [0.25, 0.3) is 0 Å². The minimum Gasteiger partial charge on any atom is -0.316 e. The average Bonchev–Trinajstić information content (AvgIpc) is 2.73. The predicted molar refractivity (Wildman–Crippen MR) is 87.8 cm³/mol. The number of rotatable bonds is 6. The smallest absolute Gasteiger partial charge is 0.0937 e. The lowest BCUT2D eigenvalue weighted by Gasteiger charge is -2.17. The van der Waals surface area contributed by atoms with Crippen LogP contribution < -0.4 is 5.32 Å². The van der Waals surface area contributed by atoms with Gasteiger partial charge in [0.15, 0.2) is 0 Å². The zero-order chi connectivity index (χ0) is 14.5. The fourth-order valence-electron chi connectivity index (χ4n) is 2.39. The molecule has 0 saturated carbocycles. The van der Waals surface area contributed by atoms with Crippen molar-refractivity contribution in [3.05, 3.63) is 51.0 Å². The van der Waals surface area contributed by atoms with Crippen LogP contribution in [-0.2, 0) is 6.42 Å². The molecule has 0 radical (unpaired) electrons.